The smallest absolute Gasteiger partial charge is 0.412 e. The Morgan fingerprint density at radius 2 is 2.00 bits per heavy atom. The lowest BCUT2D eigenvalue weighted by atomic mass is 10.0. The molecule has 1 amide bonds. The summed E-state index contributed by atoms with van der Waals surface area (Å²) in [5.41, 5.74) is 0.517. The average molecular weight is 433 g/mol. The fourth-order valence-electron chi connectivity index (χ4n) is 2.88. The molecule has 0 unspecified atom stereocenters. The number of carboxylic acid groups (broad SMARTS) is 1. The molecule has 10 heteroatoms. The van der Waals surface area contributed by atoms with E-state index in [0.717, 1.165) is 18.2 Å². The minimum Gasteiger partial charge on any atom is -0.505 e. The molecule has 0 spiro atoms. The van der Waals surface area contributed by atoms with Gasteiger partial charge >= 0.3 is 12.1 Å². The van der Waals surface area contributed by atoms with Gasteiger partial charge in [0.15, 0.2) is 29.2 Å². The number of fused-ring (bicyclic) bond motifs is 1. The van der Waals surface area contributed by atoms with Crippen LogP contribution in [0.1, 0.15) is 18.6 Å². The molecule has 0 aliphatic carbocycles. The molecule has 0 saturated carbocycles. The van der Waals surface area contributed by atoms with Crippen LogP contribution in [-0.2, 0) is 14.3 Å². The molecule has 3 N–H and O–H groups in total. The zero-order chi connectivity index (χ0) is 22.4. The first-order valence-electron chi connectivity index (χ1n) is 9.25. The number of phenols is 1. The van der Waals surface area contributed by atoms with Gasteiger partial charge in [-0.25, -0.2) is 14.0 Å². The van der Waals surface area contributed by atoms with E-state index < -0.39 is 35.8 Å². The number of hydrogen-bond acceptors (Lipinski definition) is 7. The lowest BCUT2D eigenvalue weighted by Gasteiger charge is -2.25. The van der Waals surface area contributed by atoms with Gasteiger partial charge in [0.2, 0.25) is 6.79 Å². The monoisotopic (exact) mass is 433 g/mol. The standard InChI is InChI=1S/C21H20FNO8/c1-2-28-17(7-8-19(25)26)20(12-3-5-15(24)14(22)9-12)31-21(27)23-13-4-6-16-18(10-13)30-11-29-16/h3-10,17,20,24H,2,11H2,1H3,(H,23,27)(H,25,26)/b8-7+/t17-,20-/m0/s1. The molecule has 1 heterocycles. The third-order valence-electron chi connectivity index (χ3n) is 4.24. The number of ether oxygens (including phenoxy) is 4. The molecule has 1 aliphatic rings. The van der Waals surface area contributed by atoms with Crippen LogP contribution >= 0.6 is 0 Å². The molecule has 1 aliphatic heterocycles. The highest BCUT2D eigenvalue weighted by molar-refractivity contribution is 5.85. The van der Waals surface area contributed by atoms with Crippen LogP contribution in [0.3, 0.4) is 0 Å². The van der Waals surface area contributed by atoms with Crippen molar-refractivity contribution in [3.05, 3.63) is 59.9 Å². The van der Waals surface area contributed by atoms with Gasteiger partial charge in [-0.2, -0.15) is 0 Å². The number of amides is 1. The first kappa shape index (κ1) is 21.9. The van der Waals surface area contributed by atoms with Crippen molar-refractivity contribution in [3.8, 4) is 17.2 Å². The van der Waals surface area contributed by atoms with Gasteiger partial charge in [-0.3, -0.25) is 5.32 Å². The predicted octanol–water partition coefficient (Wildman–Crippen LogP) is 3.60. The summed E-state index contributed by atoms with van der Waals surface area (Å²) in [6.45, 7) is 1.91. The highest BCUT2D eigenvalue weighted by Gasteiger charge is 2.27. The van der Waals surface area contributed by atoms with Crippen LogP contribution in [0.2, 0.25) is 0 Å². The summed E-state index contributed by atoms with van der Waals surface area (Å²) in [6.07, 6.45) is -1.11. The van der Waals surface area contributed by atoms with Gasteiger partial charge in [0.1, 0.15) is 6.10 Å². The second-order valence-electron chi connectivity index (χ2n) is 6.35. The third kappa shape index (κ3) is 5.64. The topological polar surface area (TPSA) is 124 Å². The van der Waals surface area contributed by atoms with Crippen LogP contribution < -0.4 is 14.8 Å². The van der Waals surface area contributed by atoms with Crippen LogP contribution in [-0.4, -0.2) is 41.8 Å². The van der Waals surface area contributed by atoms with Crippen molar-refractivity contribution in [1.29, 1.82) is 0 Å². The van der Waals surface area contributed by atoms with E-state index >= 15 is 0 Å². The molecule has 3 rings (SSSR count). The van der Waals surface area contributed by atoms with E-state index in [4.69, 9.17) is 24.1 Å². The summed E-state index contributed by atoms with van der Waals surface area (Å²) in [6, 6.07) is 8.16. The first-order chi connectivity index (χ1) is 14.9. The molecule has 0 fully saturated rings. The molecule has 164 valence electrons. The summed E-state index contributed by atoms with van der Waals surface area (Å²) in [4.78, 5) is 23.5. The SMILES string of the molecule is CCO[C@@H](/C=C/C(=O)O)[C@@H](OC(=O)Nc1ccc2c(c1)OCO2)c1ccc(O)c(F)c1. The van der Waals surface area contributed by atoms with Crippen molar-refractivity contribution in [2.24, 2.45) is 0 Å². The van der Waals surface area contributed by atoms with Gasteiger partial charge in [0.05, 0.1) is 0 Å². The number of aliphatic carboxylic acids is 1. The zero-order valence-corrected chi connectivity index (χ0v) is 16.4. The van der Waals surface area contributed by atoms with E-state index in [1.165, 1.54) is 12.1 Å². The fourth-order valence-corrected chi connectivity index (χ4v) is 2.88. The van der Waals surface area contributed by atoms with Gasteiger partial charge < -0.3 is 29.2 Å². The van der Waals surface area contributed by atoms with Crippen molar-refractivity contribution < 1.29 is 43.1 Å². The normalized spacial score (nSPS) is 14.3. The quantitative estimate of drug-likeness (QED) is 0.540. The Bertz CT molecular complexity index is 993. The molecule has 0 aromatic heterocycles. The van der Waals surface area contributed by atoms with E-state index in [1.807, 2.05) is 0 Å². The maximum atomic E-state index is 13.9. The van der Waals surface area contributed by atoms with Crippen molar-refractivity contribution in [2.45, 2.75) is 19.1 Å². The number of phenolic OH excluding ortho intramolecular Hbond substituents is 1. The Morgan fingerprint density at radius 3 is 2.71 bits per heavy atom. The Morgan fingerprint density at radius 1 is 1.23 bits per heavy atom. The van der Waals surface area contributed by atoms with E-state index in [-0.39, 0.29) is 19.0 Å². The van der Waals surface area contributed by atoms with Gasteiger partial charge in [-0.1, -0.05) is 6.07 Å². The highest BCUT2D eigenvalue weighted by Crippen LogP contribution is 2.34. The maximum absolute atomic E-state index is 13.9. The van der Waals surface area contributed by atoms with Crippen LogP contribution in [0.5, 0.6) is 17.2 Å². The first-order valence-corrected chi connectivity index (χ1v) is 9.25. The second-order valence-corrected chi connectivity index (χ2v) is 6.35. The lowest BCUT2D eigenvalue weighted by molar-refractivity contribution is -0.131. The molecule has 0 radical (unpaired) electrons. The molecule has 0 saturated heterocycles. The molecule has 2 atom stereocenters. The number of halogens is 1. The second kappa shape index (κ2) is 9.81. The van der Waals surface area contributed by atoms with Crippen LogP contribution in [0.4, 0.5) is 14.9 Å². The molecular formula is C21H20FNO8. The van der Waals surface area contributed by atoms with Crippen molar-refractivity contribution in [3.63, 3.8) is 0 Å². The average Bonchev–Trinajstić information content (AvgIpc) is 3.19. The Hall–Kier alpha value is -3.79. The number of benzene rings is 2. The summed E-state index contributed by atoms with van der Waals surface area (Å²) in [7, 11) is 0. The number of rotatable bonds is 8. The van der Waals surface area contributed by atoms with Crippen LogP contribution in [0.25, 0.3) is 0 Å². The molecule has 9 nitrogen and oxygen atoms in total. The Balaban J connectivity index is 1.84. The molecular weight excluding hydrogens is 413 g/mol. The summed E-state index contributed by atoms with van der Waals surface area (Å²) < 4.78 is 35.4. The highest BCUT2D eigenvalue weighted by atomic mass is 19.1. The van der Waals surface area contributed by atoms with Crippen molar-refractivity contribution in [2.75, 3.05) is 18.7 Å². The fraction of sp³-hybridized carbons (Fsp3) is 0.238. The number of carboxylic acids is 1. The lowest BCUT2D eigenvalue weighted by Crippen LogP contribution is -2.28. The minimum absolute atomic E-state index is 0.0731. The predicted molar refractivity (Wildman–Crippen MR) is 106 cm³/mol. The minimum atomic E-state index is -1.23. The Kier molecular flexibility index (Phi) is 6.93. The Labute approximate surface area is 176 Å². The molecule has 2 aromatic carbocycles. The number of nitrogens with one attached hydrogen (secondary N) is 1. The summed E-state index contributed by atoms with van der Waals surface area (Å²) in [5.74, 6) is -1.76. The zero-order valence-electron chi connectivity index (χ0n) is 16.4. The van der Waals surface area contributed by atoms with Gasteiger partial charge in [-0.15, -0.1) is 0 Å². The van der Waals surface area contributed by atoms with E-state index in [9.17, 15) is 19.1 Å². The maximum Gasteiger partial charge on any atom is 0.412 e. The number of hydrogen-bond donors (Lipinski definition) is 3. The van der Waals surface area contributed by atoms with Crippen molar-refractivity contribution in [1.82, 2.24) is 0 Å². The van der Waals surface area contributed by atoms with Gasteiger partial charge in [0.25, 0.3) is 0 Å². The number of carbonyl (C=O) groups is 2. The summed E-state index contributed by atoms with van der Waals surface area (Å²) >= 11 is 0. The summed E-state index contributed by atoms with van der Waals surface area (Å²) in [5, 5.41) is 20.9. The van der Waals surface area contributed by atoms with E-state index in [2.05, 4.69) is 5.32 Å². The number of aromatic hydroxyl groups is 1. The number of anilines is 1. The van der Waals surface area contributed by atoms with Gasteiger partial charge in [0, 0.05) is 24.4 Å². The van der Waals surface area contributed by atoms with Crippen LogP contribution in [0.15, 0.2) is 48.6 Å². The van der Waals surface area contributed by atoms with Gasteiger partial charge in [-0.05, 0) is 42.8 Å². The largest absolute Gasteiger partial charge is 0.505 e. The van der Waals surface area contributed by atoms with Crippen LogP contribution in [0, 0.1) is 5.82 Å². The third-order valence-corrected chi connectivity index (χ3v) is 4.24. The molecule has 31 heavy (non-hydrogen) atoms. The molecule has 0 bridgehead atoms. The van der Waals surface area contributed by atoms with Crippen molar-refractivity contribution >= 4 is 17.7 Å². The van der Waals surface area contributed by atoms with E-state index in [0.29, 0.717) is 17.2 Å². The number of carbonyl (C=O) groups excluding carboxylic acids is 1. The molecule has 2 aromatic rings. The van der Waals surface area contributed by atoms with E-state index in [1.54, 1.807) is 25.1 Å².